The molecular weight excluding hydrogens is 252 g/mol. The molecule has 1 aromatic heterocycles. The van der Waals surface area contributed by atoms with Crippen molar-refractivity contribution in [3.63, 3.8) is 0 Å². The number of aliphatic hydroxyl groups excluding tert-OH is 1. The van der Waals surface area contributed by atoms with Crippen molar-refractivity contribution in [1.82, 2.24) is 9.88 Å². The molecule has 0 aliphatic carbocycles. The largest absolute Gasteiger partial charge is 0.395 e. The number of hydrogen-bond acceptors (Lipinski definition) is 3. The van der Waals surface area contributed by atoms with Gasteiger partial charge in [0, 0.05) is 25.5 Å². The summed E-state index contributed by atoms with van der Waals surface area (Å²) in [5.41, 5.74) is 1.99. The first kappa shape index (κ1) is 14.2. The monoisotopic (exact) mass is 270 g/mol. The Labute approximate surface area is 118 Å². The molecule has 20 heavy (non-hydrogen) atoms. The molecule has 1 amide bonds. The fourth-order valence-corrected chi connectivity index (χ4v) is 2.00. The number of amides is 1. The number of rotatable bonds is 6. The lowest BCUT2D eigenvalue weighted by atomic mass is 10.1. The van der Waals surface area contributed by atoms with Crippen molar-refractivity contribution in [2.45, 2.75) is 13.0 Å². The van der Waals surface area contributed by atoms with E-state index in [2.05, 4.69) is 4.98 Å². The van der Waals surface area contributed by atoms with Gasteiger partial charge in [-0.15, -0.1) is 0 Å². The van der Waals surface area contributed by atoms with Crippen LogP contribution in [0.4, 0.5) is 0 Å². The molecule has 0 saturated heterocycles. The third kappa shape index (κ3) is 4.17. The molecule has 0 bridgehead atoms. The molecule has 0 saturated carbocycles. The van der Waals surface area contributed by atoms with Crippen molar-refractivity contribution in [1.29, 1.82) is 0 Å². The minimum atomic E-state index is -0.0328. The molecule has 104 valence electrons. The number of aliphatic hydroxyl groups is 1. The number of aromatic nitrogens is 1. The zero-order valence-corrected chi connectivity index (χ0v) is 11.3. The number of pyridine rings is 1. The first-order valence-electron chi connectivity index (χ1n) is 6.61. The van der Waals surface area contributed by atoms with E-state index >= 15 is 0 Å². The van der Waals surface area contributed by atoms with Crippen molar-refractivity contribution in [2.24, 2.45) is 0 Å². The van der Waals surface area contributed by atoms with Gasteiger partial charge in [-0.25, -0.2) is 0 Å². The summed E-state index contributed by atoms with van der Waals surface area (Å²) in [5.74, 6) is 0.00843. The van der Waals surface area contributed by atoms with Crippen molar-refractivity contribution >= 4 is 5.91 Å². The van der Waals surface area contributed by atoms with Gasteiger partial charge in [0.1, 0.15) is 0 Å². The highest BCUT2D eigenvalue weighted by Gasteiger charge is 2.13. The van der Waals surface area contributed by atoms with E-state index in [4.69, 9.17) is 5.11 Å². The maximum Gasteiger partial charge on any atom is 0.227 e. The number of nitrogens with zero attached hydrogens (tertiary/aromatic N) is 2. The topological polar surface area (TPSA) is 53.4 Å². The molecule has 0 aliphatic heterocycles. The van der Waals surface area contributed by atoms with Crippen molar-refractivity contribution in [3.8, 4) is 0 Å². The highest BCUT2D eigenvalue weighted by atomic mass is 16.3. The van der Waals surface area contributed by atoms with Crippen LogP contribution in [0.15, 0.2) is 54.9 Å². The first-order chi connectivity index (χ1) is 9.79. The zero-order chi connectivity index (χ0) is 14.2. The van der Waals surface area contributed by atoms with Crippen LogP contribution in [0.5, 0.6) is 0 Å². The number of carbonyl (C=O) groups excluding carboxylic acids is 1. The maximum absolute atomic E-state index is 12.3. The Morgan fingerprint density at radius 3 is 2.40 bits per heavy atom. The average molecular weight is 270 g/mol. The van der Waals surface area contributed by atoms with Gasteiger partial charge < -0.3 is 10.0 Å². The smallest absolute Gasteiger partial charge is 0.227 e. The van der Waals surface area contributed by atoms with Crippen LogP contribution >= 0.6 is 0 Å². The Balaban J connectivity index is 2.02. The van der Waals surface area contributed by atoms with Gasteiger partial charge in [-0.1, -0.05) is 30.3 Å². The summed E-state index contributed by atoms with van der Waals surface area (Å²) < 4.78 is 0. The van der Waals surface area contributed by atoms with Gasteiger partial charge in [0.25, 0.3) is 0 Å². The first-order valence-corrected chi connectivity index (χ1v) is 6.61. The van der Waals surface area contributed by atoms with Crippen LogP contribution < -0.4 is 0 Å². The summed E-state index contributed by atoms with van der Waals surface area (Å²) in [4.78, 5) is 17.9. The summed E-state index contributed by atoms with van der Waals surface area (Å²) in [6.45, 7) is 0.832. The molecule has 2 rings (SSSR count). The maximum atomic E-state index is 12.3. The fraction of sp³-hybridized carbons (Fsp3) is 0.250. The summed E-state index contributed by atoms with van der Waals surface area (Å²) >= 11 is 0. The van der Waals surface area contributed by atoms with Gasteiger partial charge in [0.05, 0.1) is 13.0 Å². The summed E-state index contributed by atoms with van der Waals surface area (Å²) in [6.07, 6.45) is 3.68. The Morgan fingerprint density at radius 2 is 1.75 bits per heavy atom. The third-order valence-corrected chi connectivity index (χ3v) is 3.04. The van der Waals surface area contributed by atoms with E-state index in [9.17, 15) is 4.79 Å². The van der Waals surface area contributed by atoms with Gasteiger partial charge in [-0.2, -0.15) is 0 Å². The van der Waals surface area contributed by atoms with Crippen LogP contribution in [0, 0.1) is 0 Å². The molecule has 0 fully saturated rings. The van der Waals surface area contributed by atoms with Gasteiger partial charge in [-0.05, 0) is 23.3 Å². The van der Waals surface area contributed by atoms with Gasteiger partial charge in [0.2, 0.25) is 5.91 Å². The van der Waals surface area contributed by atoms with Gasteiger partial charge in [-0.3, -0.25) is 9.78 Å². The second-order valence-electron chi connectivity index (χ2n) is 4.56. The predicted octanol–water partition coefficient (Wildman–Crippen LogP) is 1.65. The number of hydrogen-bond donors (Lipinski definition) is 1. The summed E-state index contributed by atoms with van der Waals surface area (Å²) in [5, 5.41) is 9.13. The fourth-order valence-electron chi connectivity index (χ4n) is 2.00. The average Bonchev–Trinajstić information content (AvgIpc) is 2.49. The zero-order valence-electron chi connectivity index (χ0n) is 11.3. The van der Waals surface area contributed by atoms with Gasteiger partial charge >= 0.3 is 0 Å². The molecule has 0 radical (unpaired) electrons. The van der Waals surface area contributed by atoms with Crippen LogP contribution in [0.25, 0.3) is 0 Å². The van der Waals surface area contributed by atoms with E-state index in [0.29, 0.717) is 19.5 Å². The van der Waals surface area contributed by atoms with Gasteiger partial charge in [0.15, 0.2) is 0 Å². The third-order valence-electron chi connectivity index (χ3n) is 3.04. The molecule has 0 atom stereocenters. The molecule has 1 heterocycles. The Bertz CT molecular complexity index is 529. The minimum absolute atomic E-state index is 0.00843. The number of carbonyl (C=O) groups is 1. The summed E-state index contributed by atoms with van der Waals surface area (Å²) in [7, 11) is 0. The molecular formula is C16H18N2O2. The highest BCUT2D eigenvalue weighted by Crippen LogP contribution is 2.07. The van der Waals surface area contributed by atoms with Crippen LogP contribution in [-0.2, 0) is 17.8 Å². The molecule has 0 spiro atoms. The van der Waals surface area contributed by atoms with Crippen molar-refractivity contribution in [3.05, 3.63) is 66.0 Å². The van der Waals surface area contributed by atoms with Crippen LogP contribution in [0.2, 0.25) is 0 Å². The molecule has 1 N–H and O–H groups in total. The number of benzene rings is 1. The van der Waals surface area contributed by atoms with E-state index in [1.165, 1.54) is 0 Å². The van der Waals surface area contributed by atoms with Crippen molar-refractivity contribution < 1.29 is 9.90 Å². The molecule has 0 unspecified atom stereocenters. The second-order valence-corrected chi connectivity index (χ2v) is 4.56. The standard InChI is InChI=1S/C16H18N2O2/c19-11-10-18(13-15-4-2-1-3-5-15)16(20)12-14-6-8-17-9-7-14/h1-9,19H,10-13H2. The molecule has 4 nitrogen and oxygen atoms in total. The molecule has 0 aliphatic rings. The SMILES string of the molecule is O=C(Cc1ccncc1)N(CCO)Cc1ccccc1. The van der Waals surface area contributed by atoms with Crippen molar-refractivity contribution in [2.75, 3.05) is 13.2 Å². The quantitative estimate of drug-likeness (QED) is 0.868. The van der Waals surface area contributed by atoms with Crippen LogP contribution in [0.3, 0.4) is 0 Å². The lowest BCUT2D eigenvalue weighted by Crippen LogP contribution is -2.34. The van der Waals surface area contributed by atoms with Crippen LogP contribution in [-0.4, -0.2) is 34.0 Å². The summed E-state index contributed by atoms with van der Waals surface area (Å²) in [6, 6.07) is 13.4. The normalized spacial score (nSPS) is 10.2. The lowest BCUT2D eigenvalue weighted by Gasteiger charge is -2.22. The van der Waals surface area contributed by atoms with E-state index < -0.39 is 0 Å². The Hall–Kier alpha value is -2.20. The second kappa shape index (κ2) is 7.40. The van der Waals surface area contributed by atoms with Crippen LogP contribution in [0.1, 0.15) is 11.1 Å². The van der Waals surface area contributed by atoms with E-state index in [0.717, 1.165) is 11.1 Å². The molecule has 2 aromatic rings. The molecule has 1 aromatic carbocycles. The Morgan fingerprint density at radius 1 is 1.05 bits per heavy atom. The molecule has 4 heteroatoms. The predicted molar refractivity (Wildman–Crippen MR) is 76.9 cm³/mol. The van der Waals surface area contributed by atoms with E-state index in [-0.39, 0.29) is 12.5 Å². The van der Waals surface area contributed by atoms with E-state index in [1.54, 1.807) is 17.3 Å². The highest BCUT2D eigenvalue weighted by molar-refractivity contribution is 5.78. The minimum Gasteiger partial charge on any atom is -0.395 e. The lowest BCUT2D eigenvalue weighted by molar-refractivity contribution is -0.131. The Kier molecular flexibility index (Phi) is 5.26. The van der Waals surface area contributed by atoms with E-state index in [1.807, 2.05) is 42.5 Å².